The quantitative estimate of drug-likeness (QED) is 0.275. The van der Waals surface area contributed by atoms with E-state index >= 15 is 0 Å². The summed E-state index contributed by atoms with van der Waals surface area (Å²) in [6.45, 7) is 7.61. The van der Waals surface area contributed by atoms with Gasteiger partial charge in [-0.15, -0.1) is 0 Å². The number of aliphatic hydroxyl groups excluding tert-OH is 1. The number of aliphatic hydroxyl groups is 1. The fourth-order valence-corrected chi connectivity index (χ4v) is 10.5. The molecule has 1 spiro atoms. The van der Waals surface area contributed by atoms with Crippen molar-refractivity contribution in [1.82, 2.24) is 10.2 Å². The van der Waals surface area contributed by atoms with Gasteiger partial charge < -0.3 is 34.7 Å². The number of nitrogens with zero attached hydrogens (tertiary/aromatic N) is 3. The van der Waals surface area contributed by atoms with Crippen LogP contribution in [0.1, 0.15) is 30.0 Å². The van der Waals surface area contributed by atoms with Crippen LogP contribution in [0.2, 0.25) is 23.7 Å². The van der Waals surface area contributed by atoms with E-state index in [1.54, 1.807) is 26.8 Å². The molecule has 0 radical (unpaired) electrons. The zero-order valence-corrected chi connectivity index (χ0v) is 29.3. The summed E-state index contributed by atoms with van der Waals surface area (Å²) in [6, 6.07) is 22.5. The average molecular weight is 691 g/mol. The highest BCUT2D eigenvalue weighted by Gasteiger charge is 2.66. The van der Waals surface area contributed by atoms with E-state index in [-0.39, 0.29) is 50.4 Å². The topological polar surface area (TPSA) is 123 Å². The molecule has 0 aliphatic carbocycles. The molecule has 0 saturated carbocycles. The summed E-state index contributed by atoms with van der Waals surface area (Å²) >= 11 is 6.56. The van der Waals surface area contributed by atoms with Crippen molar-refractivity contribution in [1.29, 1.82) is 0 Å². The Morgan fingerprint density at radius 1 is 1.08 bits per heavy atom. The van der Waals surface area contributed by atoms with Crippen molar-refractivity contribution in [3.8, 4) is 0 Å². The van der Waals surface area contributed by atoms with Crippen molar-refractivity contribution < 1.29 is 29.0 Å². The summed E-state index contributed by atoms with van der Waals surface area (Å²) in [6.07, 6.45) is -0.793. The second kappa shape index (κ2) is 13.7. The number of benzene rings is 3. The zero-order chi connectivity index (χ0) is 34.2. The standard InChI is InChI=1S/C36H43ClN4O6Si/c1-24-34(48(2,3)46)31(20-32(43)39(16-17-42)22-25-8-5-4-6-9-25)47-36(24)29-19-27(37)12-13-30(29)41(35(36)45)23-26-10-7-11-28(18-26)40-15-14-38-21-33(40)44/h4-13,18-19,24,31,34,38,42,46H,14-17,20-23H2,1-3H3/t24-,31+,34-,36+/m1/s1. The van der Waals surface area contributed by atoms with Gasteiger partial charge in [-0.05, 0) is 54.6 Å². The third-order valence-electron chi connectivity index (χ3n) is 9.91. The molecule has 2 fully saturated rings. The number of nitrogens with one attached hydrogen (secondary N) is 1. The summed E-state index contributed by atoms with van der Waals surface area (Å²) in [5.41, 5.74) is 1.92. The fourth-order valence-electron chi connectivity index (χ4n) is 7.81. The van der Waals surface area contributed by atoms with Crippen LogP contribution in [0.25, 0.3) is 0 Å². The van der Waals surface area contributed by atoms with Crippen LogP contribution in [0.3, 0.4) is 0 Å². The molecule has 3 aromatic rings. The van der Waals surface area contributed by atoms with Gasteiger partial charge in [0.25, 0.3) is 5.91 Å². The van der Waals surface area contributed by atoms with Crippen LogP contribution in [0.5, 0.6) is 0 Å². The van der Waals surface area contributed by atoms with Crippen LogP contribution in [-0.4, -0.2) is 79.7 Å². The summed E-state index contributed by atoms with van der Waals surface area (Å²) in [7, 11) is -3.02. The van der Waals surface area contributed by atoms with Gasteiger partial charge in [0, 0.05) is 53.9 Å². The summed E-state index contributed by atoms with van der Waals surface area (Å²) in [4.78, 5) is 58.0. The largest absolute Gasteiger partial charge is 0.432 e. The van der Waals surface area contributed by atoms with Crippen molar-refractivity contribution in [2.45, 2.75) is 56.8 Å². The maximum Gasteiger partial charge on any atom is 0.264 e. The van der Waals surface area contributed by atoms with Crippen molar-refractivity contribution >= 4 is 49.0 Å². The van der Waals surface area contributed by atoms with Gasteiger partial charge >= 0.3 is 0 Å². The Bertz CT molecular complexity index is 1690. The Morgan fingerprint density at radius 3 is 2.54 bits per heavy atom. The molecular formula is C36H43ClN4O6Si. The Kier molecular flexibility index (Phi) is 9.81. The molecule has 0 aromatic heterocycles. The molecule has 12 heteroatoms. The molecule has 3 aliphatic rings. The minimum atomic E-state index is -3.02. The fraction of sp³-hybridized carbons (Fsp3) is 0.417. The maximum absolute atomic E-state index is 14.8. The van der Waals surface area contributed by atoms with E-state index in [9.17, 15) is 24.3 Å². The van der Waals surface area contributed by atoms with Crippen LogP contribution in [0.15, 0.2) is 72.8 Å². The van der Waals surface area contributed by atoms with Gasteiger partial charge in [-0.25, -0.2) is 0 Å². The maximum atomic E-state index is 14.8. The van der Waals surface area contributed by atoms with Crippen molar-refractivity contribution in [2.24, 2.45) is 5.92 Å². The lowest BCUT2D eigenvalue weighted by Crippen LogP contribution is -2.48. The predicted octanol–water partition coefficient (Wildman–Crippen LogP) is 4.03. The first-order valence-electron chi connectivity index (χ1n) is 16.5. The highest BCUT2D eigenvalue weighted by atomic mass is 35.5. The third kappa shape index (κ3) is 6.42. The van der Waals surface area contributed by atoms with Gasteiger partial charge in [-0.3, -0.25) is 14.4 Å². The van der Waals surface area contributed by atoms with Crippen LogP contribution in [0.4, 0.5) is 11.4 Å². The van der Waals surface area contributed by atoms with Crippen LogP contribution < -0.4 is 15.1 Å². The second-order valence-corrected chi connectivity index (χ2v) is 17.9. The first-order valence-corrected chi connectivity index (χ1v) is 19.9. The number of carbonyl (C=O) groups excluding carboxylic acids is 3. The molecule has 254 valence electrons. The summed E-state index contributed by atoms with van der Waals surface area (Å²) < 4.78 is 6.86. The summed E-state index contributed by atoms with van der Waals surface area (Å²) in [5.74, 6) is -0.975. The van der Waals surface area contributed by atoms with Crippen LogP contribution in [-0.2, 0) is 37.8 Å². The molecule has 4 atom stereocenters. The Morgan fingerprint density at radius 2 is 1.83 bits per heavy atom. The first kappa shape index (κ1) is 34.3. The number of hydrogen-bond acceptors (Lipinski definition) is 7. The highest BCUT2D eigenvalue weighted by molar-refractivity contribution is 6.71. The molecule has 2 saturated heterocycles. The molecule has 0 bridgehead atoms. The molecule has 3 N–H and O–H groups in total. The van der Waals surface area contributed by atoms with Gasteiger partial charge in [0.1, 0.15) is 0 Å². The number of anilines is 2. The Labute approximate surface area is 287 Å². The third-order valence-corrected chi connectivity index (χ3v) is 12.7. The second-order valence-electron chi connectivity index (χ2n) is 13.5. The number of halogens is 1. The van der Waals surface area contributed by atoms with E-state index < -0.39 is 31.5 Å². The molecule has 3 aliphatic heterocycles. The smallest absolute Gasteiger partial charge is 0.264 e. The van der Waals surface area contributed by atoms with E-state index in [0.717, 1.165) is 16.8 Å². The van der Waals surface area contributed by atoms with Crippen LogP contribution in [0, 0.1) is 5.92 Å². The van der Waals surface area contributed by atoms with Crippen molar-refractivity contribution in [2.75, 3.05) is 42.6 Å². The monoisotopic (exact) mass is 690 g/mol. The molecular weight excluding hydrogens is 648 g/mol. The lowest BCUT2D eigenvalue weighted by Gasteiger charge is -2.32. The molecule has 3 heterocycles. The van der Waals surface area contributed by atoms with Gasteiger partial charge in [-0.2, -0.15) is 0 Å². The van der Waals surface area contributed by atoms with Crippen molar-refractivity contribution in [3.63, 3.8) is 0 Å². The Balaban J connectivity index is 1.33. The molecule has 0 unspecified atom stereocenters. The normalized spacial score (nSPS) is 24.0. The van der Waals surface area contributed by atoms with E-state index in [0.29, 0.717) is 35.9 Å². The number of carbonyl (C=O) groups is 3. The lowest BCUT2D eigenvalue weighted by molar-refractivity contribution is -0.150. The Hall–Kier alpha value is -3.58. The summed E-state index contributed by atoms with van der Waals surface area (Å²) in [5, 5.41) is 13.3. The zero-order valence-electron chi connectivity index (χ0n) is 27.6. The molecule has 10 nitrogen and oxygen atoms in total. The molecule has 3 amide bonds. The van der Waals surface area contributed by atoms with Gasteiger partial charge in [-0.1, -0.05) is 61.0 Å². The number of fused-ring (bicyclic) bond motifs is 2. The van der Waals surface area contributed by atoms with Gasteiger partial charge in [0.05, 0.1) is 37.9 Å². The van der Waals surface area contributed by atoms with E-state index in [4.69, 9.17) is 16.3 Å². The number of rotatable bonds is 10. The highest BCUT2D eigenvalue weighted by Crippen LogP contribution is 2.60. The predicted molar refractivity (Wildman–Crippen MR) is 187 cm³/mol. The first-order chi connectivity index (χ1) is 22.9. The SMILES string of the molecule is C[C@@H]1[C@@H]([Si](C)(C)O)[C@H](CC(=O)N(CCO)Cc2ccccc2)O[C@@]12C(=O)N(Cc1cccc(N3CCNCC3=O)c1)c1ccc(Cl)cc12. The number of amides is 3. The molecule has 48 heavy (non-hydrogen) atoms. The molecule has 6 rings (SSSR count). The number of hydrogen-bond donors (Lipinski definition) is 3. The van der Waals surface area contributed by atoms with Crippen molar-refractivity contribution in [3.05, 3.63) is 94.5 Å². The van der Waals surface area contributed by atoms with Crippen LogP contribution >= 0.6 is 11.6 Å². The van der Waals surface area contributed by atoms with E-state index in [1.807, 2.05) is 80.7 Å². The van der Waals surface area contributed by atoms with Gasteiger partial charge in [0.2, 0.25) is 11.8 Å². The minimum absolute atomic E-state index is 0.00786. The van der Waals surface area contributed by atoms with E-state index in [1.165, 1.54) is 0 Å². The minimum Gasteiger partial charge on any atom is -0.432 e. The lowest BCUT2D eigenvalue weighted by atomic mass is 9.82. The molecule has 3 aromatic carbocycles. The van der Waals surface area contributed by atoms with Gasteiger partial charge in [0.15, 0.2) is 13.9 Å². The van der Waals surface area contributed by atoms with E-state index in [2.05, 4.69) is 5.32 Å². The average Bonchev–Trinajstić information content (AvgIpc) is 3.47. The number of piperazine rings is 1. The number of ether oxygens (including phenoxy) is 1.